The summed E-state index contributed by atoms with van der Waals surface area (Å²) in [6.45, 7) is 1.80. The van der Waals surface area contributed by atoms with Gasteiger partial charge in [-0.3, -0.25) is 0 Å². The van der Waals surface area contributed by atoms with Crippen molar-refractivity contribution in [2.45, 2.75) is 19.8 Å². The van der Waals surface area contributed by atoms with Gasteiger partial charge in [0.25, 0.3) is 0 Å². The standard InChI is InChI=1S/C4H13O5P.V/c1-2-3-4-9-10(5,6,7)8;/h5-8H,2-4H2,1H3;. The van der Waals surface area contributed by atoms with Gasteiger partial charge in [0.1, 0.15) is 0 Å². The van der Waals surface area contributed by atoms with E-state index in [1.165, 1.54) is 0 Å². The van der Waals surface area contributed by atoms with Crippen LogP contribution in [0.5, 0.6) is 0 Å². The Morgan fingerprint density at radius 3 is 1.91 bits per heavy atom. The van der Waals surface area contributed by atoms with Crippen LogP contribution in [0.1, 0.15) is 19.8 Å². The monoisotopic (exact) mass is 223 g/mol. The summed E-state index contributed by atoms with van der Waals surface area (Å²) in [5, 5.41) is 0. The van der Waals surface area contributed by atoms with E-state index < -0.39 is 7.74 Å². The van der Waals surface area contributed by atoms with Crippen LogP contribution in [0.2, 0.25) is 0 Å². The average molecular weight is 223 g/mol. The van der Waals surface area contributed by atoms with Crippen LogP contribution in [0.15, 0.2) is 0 Å². The molecule has 0 saturated carbocycles. The quantitative estimate of drug-likeness (QED) is 0.394. The average Bonchev–Trinajstić information content (AvgIpc) is 1.61. The van der Waals surface area contributed by atoms with Crippen molar-refractivity contribution >= 4 is 7.74 Å². The van der Waals surface area contributed by atoms with Gasteiger partial charge in [0.15, 0.2) is 0 Å². The van der Waals surface area contributed by atoms with Gasteiger partial charge in [0.2, 0.25) is 0 Å². The maximum atomic E-state index is 8.28. The molecule has 0 unspecified atom stereocenters. The van der Waals surface area contributed by atoms with Crippen LogP contribution in [0.25, 0.3) is 0 Å². The smallest absolute Gasteiger partial charge is 0 e. The zero-order valence-corrected chi connectivity index (χ0v) is 8.50. The van der Waals surface area contributed by atoms with Crippen molar-refractivity contribution in [2.24, 2.45) is 0 Å². The van der Waals surface area contributed by atoms with E-state index >= 15 is 0 Å². The Kier molecular flexibility index (Phi) is 6.19. The first kappa shape index (κ1) is 14.3. The summed E-state index contributed by atoms with van der Waals surface area (Å²) < 4.78 is 4.01. The van der Waals surface area contributed by atoms with Gasteiger partial charge in [0.05, 0.1) is 0 Å². The Labute approximate surface area is 77.2 Å². The molecule has 0 aromatic rings. The largest absolute Gasteiger partial charge is 0 e. The van der Waals surface area contributed by atoms with Gasteiger partial charge < -0.3 is 0 Å². The maximum Gasteiger partial charge on any atom is 0 e. The molecule has 0 rings (SSSR count). The predicted octanol–water partition coefficient (Wildman–Crippen LogP) is -0.102. The van der Waals surface area contributed by atoms with Crippen molar-refractivity contribution in [3.63, 3.8) is 0 Å². The van der Waals surface area contributed by atoms with Gasteiger partial charge in [-0.15, -0.1) is 0 Å². The minimum absolute atomic E-state index is 0. The number of rotatable bonds is 4. The first-order valence-electron chi connectivity index (χ1n) is 2.98. The SMILES string of the molecule is CCCCOP(O)(O)(O)O.[V]. The molecule has 69 valence electrons. The fraction of sp³-hybridized carbons (Fsp3) is 1.00. The van der Waals surface area contributed by atoms with Crippen molar-refractivity contribution in [1.82, 2.24) is 0 Å². The van der Waals surface area contributed by atoms with Gasteiger partial charge >= 0.3 is 58.2 Å². The van der Waals surface area contributed by atoms with Crippen LogP contribution >= 0.6 is 7.74 Å². The molecule has 0 aromatic carbocycles. The predicted molar refractivity (Wildman–Crippen MR) is 36.7 cm³/mol. The number of unbranched alkanes of at least 4 members (excludes halogenated alkanes) is 1. The molecule has 1 radical (unpaired) electrons. The molecule has 4 N–H and O–H groups in total. The molecule has 0 bridgehead atoms. The molecule has 0 heterocycles. The van der Waals surface area contributed by atoms with Crippen LogP contribution in [-0.2, 0) is 23.1 Å². The normalized spacial score (nSPS) is 14.8. The molecule has 0 fully saturated rings. The third-order valence-electron chi connectivity index (χ3n) is 0.820. The molecule has 0 aliphatic rings. The third-order valence-corrected chi connectivity index (χ3v) is 1.46. The summed E-state index contributed by atoms with van der Waals surface area (Å²) in [6, 6.07) is 0. The van der Waals surface area contributed by atoms with Crippen molar-refractivity contribution in [3.05, 3.63) is 0 Å². The van der Waals surface area contributed by atoms with Crippen LogP contribution < -0.4 is 0 Å². The molecule has 0 saturated heterocycles. The minimum Gasteiger partial charge on any atom is 0 e. The first-order valence-corrected chi connectivity index (χ1v) is 4.94. The molecule has 7 heteroatoms. The van der Waals surface area contributed by atoms with Crippen molar-refractivity contribution in [2.75, 3.05) is 6.61 Å². The van der Waals surface area contributed by atoms with Crippen LogP contribution in [-0.4, -0.2) is 26.2 Å². The van der Waals surface area contributed by atoms with Crippen molar-refractivity contribution < 1.29 is 42.7 Å². The van der Waals surface area contributed by atoms with E-state index in [-0.39, 0.29) is 25.2 Å². The van der Waals surface area contributed by atoms with Crippen LogP contribution in [0, 0.1) is 0 Å². The Bertz CT molecular complexity index is 102. The zero-order valence-electron chi connectivity index (χ0n) is 6.21. The van der Waals surface area contributed by atoms with E-state index in [1.807, 2.05) is 6.92 Å². The number of hydrogen-bond acceptors (Lipinski definition) is 5. The molecule has 11 heavy (non-hydrogen) atoms. The van der Waals surface area contributed by atoms with E-state index in [2.05, 4.69) is 4.52 Å². The molecule has 0 aliphatic heterocycles. The van der Waals surface area contributed by atoms with E-state index in [0.29, 0.717) is 6.42 Å². The van der Waals surface area contributed by atoms with Gasteiger partial charge in [-0.05, 0) is 0 Å². The second-order valence-corrected chi connectivity index (χ2v) is 4.03. The topological polar surface area (TPSA) is 90.2 Å². The fourth-order valence-electron chi connectivity index (χ4n) is 0.372. The van der Waals surface area contributed by atoms with E-state index in [1.54, 1.807) is 0 Å². The van der Waals surface area contributed by atoms with Crippen molar-refractivity contribution in [1.29, 1.82) is 0 Å². The van der Waals surface area contributed by atoms with Gasteiger partial charge in [-0.1, -0.05) is 0 Å². The van der Waals surface area contributed by atoms with E-state index in [4.69, 9.17) is 19.6 Å². The summed E-state index contributed by atoms with van der Waals surface area (Å²) in [4.78, 5) is 33.1. The van der Waals surface area contributed by atoms with Crippen LogP contribution in [0.3, 0.4) is 0 Å². The van der Waals surface area contributed by atoms with Gasteiger partial charge in [-0.2, -0.15) is 0 Å². The molecule has 0 amide bonds. The molecule has 0 atom stereocenters. The number of hydrogen-bond donors (Lipinski definition) is 4. The Morgan fingerprint density at radius 1 is 1.18 bits per heavy atom. The second-order valence-electron chi connectivity index (χ2n) is 2.05. The third kappa shape index (κ3) is 13.8. The summed E-state index contributed by atoms with van der Waals surface area (Å²) >= 11 is 0. The van der Waals surface area contributed by atoms with E-state index in [0.717, 1.165) is 6.42 Å². The van der Waals surface area contributed by atoms with Crippen LogP contribution in [0.4, 0.5) is 0 Å². The molecule has 0 aliphatic carbocycles. The van der Waals surface area contributed by atoms with Gasteiger partial charge in [-0.25, -0.2) is 0 Å². The summed E-state index contributed by atoms with van der Waals surface area (Å²) in [5.74, 6) is 0. The first-order chi connectivity index (χ1) is 4.31. The molecular formula is C4H13O5PV. The van der Waals surface area contributed by atoms with E-state index in [9.17, 15) is 0 Å². The van der Waals surface area contributed by atoms with Gasteiger partial charge in [0, 0.05) is 18.6 Å². The Morgan fingerprint density at radius 2 is 1.64 bits per heavy atom. The summed E-state index contributed by atoms with van der Waals surface area (Å²) in [7, 11) is -5.65. The molecule has 0 aromatic heterocycles. The molecule has 5 nitrogen and oxygen atoms in total. The Hall–Kier alpha value is 0.814. The zero-order chi connectivity index (χ0) is 8.28. The fourth-order valence-corrected chi connectivity index (χ4v) is 0.828. The molecular weight excluding hydrogens is 210 g/mol. The minimum atomic E-state index is -5.65. The second kappa shape index (κ2) is 4.75. The van der Waals surface area contributed by atoms with Crippen molar-refractivity contribution in [3.8, 4) is 0 Å². The summed E-state index contributed by atoms with van der Waals surface area (Å²) in [6.07, 6.45) is 1.34. The Balaban J connectivity index is 0. The maximum absolute atomic E-state index is 8.28. The summed E-state index contributed by atoms with van der Waals surface area (Å²) in [5.41, 5.74) is 0. The molecule has 0 spiro atoms.